The molecule has 0 amide bonds. The summed E-state index contributed by atoms with van der Waals surface area (Å²) in [6.07, 6.45) is 0. The van der Waals surface area contributed by atoms with Crippen molar-refractivity contribution in [3.05, 3.63) is 69.0 Å². The highest BCUT2D eigenvalue weighted by Gasteiger charge is 2.21. The summed E-state index contributed by atoms with van der Waals surface area (Å²) in [6, 6.07) is 15.9. The molecule has 0 unspecified atom stereocenters. The van der Waals surface area contributed by atoms with Gasteiger partial charge in [0.1, 0.15) is 4.21 Å². The van der Waals surface area contributed by atoms with E-state index in [1.807, 2.05) is 31.2 Å². The maximum atomic E-state index is 12.8. The fourth-order valence-corrected chi connectivity index (χ4v) is 5.83. The van der Waals surface area contributed by atoms with Gasteiger partial charge in [-0.25, -0.2) is 18.4 Å². The van der Waals surface area contributed by atoms with E-state index in [1.54, 1.807) is 24.3 Å². The Kier molecular flexibility index (Phi) is 5.48. The van der Waals surface area contributed by atoms with Crippen LogP contribution < -0.4 is 10.0 Å². The Hall–Kier alpha value is -2.20. The second kappa shape index (κ2) is 7.91. The number of nitrogens with zero attached hydrogens (tertiary/aromatic N) is 2. The lowest BCUT2D eigenvalue weighted by molar-refractivity contribution is 0.603. The summed E-state index contributed by atoms with van der Waals surface area (Å²) in [7, 11) is -3.82. The van der Waals surface area contributed by atoms with Gasteiger partial charge in [-0.2, -0.15) is 0 Å². The van der Waals surface area contributed by atoms with Gasteiger partial charge in [-0.3, -0.25) is 4.72 Å². The molecule has 0 fully saturated rings. The van der Waals surface area contributed by atoms with E-state index in [-0.39, 0.29) is 15.8 Å². The third-order valence-electron chi connectivity index (χ3n) is 4.07. The van der Waals surface area contributed by atoms with Crippen LogP contribution in [0.1, 0.15) is 5.56 Å². The van der Waals surface area contributed by atoms with Crippen molar-refractivity contribution >= 4 is 77.2 Å². The molecule has 0 bridgehead atoms. The monoisotopic (exact) mass is 508 g/mol. The van der Waals surface area contributed by atoms with Crippen molar-refractivity contribution in [2.45, 2.75) is 11.1 Å². The van der Waals surface area contributed by atoms with E-state index in [0.717, 1.165) is 20.7 Å². The summed E-state index contributed by atoms with van der Waals surface area (Å²) in [5.74, 6) is 0.390. The molecule has 0 atom stereocenters. The van der Waals surface area contributed by atoms with Crippen molar-refractivity contribution in [1.82, 2.24) is 9.97 Å². The van der Waals surface area contributed by atoms with Crippen LogP contribution in [0.4, 0.5) is 17.3 Å². The first-order valence-corrected chi connectivity index (χ1v) is 11.9. The van der Waals surface area contributed by atoms with Crippen molar-refractivity contribution in [2.24, 2.45) is 0 Å². The molecule has 2 heterocycles. The van der Waals surface area contributed by atoms with E-state index in [2.05, 4.69) is 35.9 Å². The number of anilines is 3. The Balaban J connectivity index is 1.81. The lowest BCUT2D eigenvalue weighted by Gasteiger charge is -2.14. The Morgan fingerprint density at radius 2 is 1.69 bits per heavy atom. The van der Waals surface area contributed by atoms with Gasteiger partial charge in [0.05, 0.1) is 14.8 Å². The fraction of sp³-hybridized carbons (Fsp3) is 0.0526. The molecule has 2 N–H and O–H groups in total. The van der Waals surface area contributed by atoms with Gasteiger partial charge in [-0.05, 0) is 64.8 Å². The molecule has 0 radical (unpaired) electrons. The number of rotatable bonds is 5. The first-order valence-electron chi connectivity index (χ1n) is 8.40. The molecule has 0 spiro atoms. The van der Waals surface area contributed by atoms with Crippen LogP contribution in [0, 0.1) is 6.92 Å². The first-order chi connectivity index (χ1) is 13.8. The van der Waals surface area contributed by atoms with Crippen molar-refractivity contribution in [3.8, 4) is 0 Å². The molecule has 0 aliphatic carbocycles. The highest BCUT2D eigenvalue weighted by atomic mass is 79.9. The number of nitrogens with one attached hydrogen (secondary N) is 2. The van der Waals surface area contributed by atoms with Crippen LogP contribution >= 0.6 is 38.9 Å². The molecule has 0 saturated heterocycles. The lowest BCUT2D eigenvalue weighted by atomic mass is 10.2. The largest absolute Gasteiger partial charge is 0.337 e. The fourth-order valence-electron chi connectivity index (χ4n) is 2.63. The zero-order chi connectivity index (χ0) is 20.6. The average molecular weight is 510 g/mol. The van der Waals surface area contributed by atoms with E-state index in [9.17, 15) is 8.42 Å². The number of benzene rings is 2. The number of aromatic nitrogens is 2. The molecule has 2 aromatic heterocycles. The van der Waals surface area contributed by atoms with E-state index < -0.39 is 10.0 Å². The lowest BCUT2D eigenvalue weighted by Crippen LogP contribution is -2.15. The molecule has 0 aliphatic heterocycles. The molecule has 148 valence electrons. The van der Waals surface area contributed by atoms with Crippen molar-refractivity contribution < 1.29 is 8.42 Å². The number of sulfonamides is 1. The van der Waals surface area contributed by atoms with Crippen molar-refractivity contribution in [3.63, 3.8) is 0 Å². The van der Waals surface area contributed by atoms with E-state index in [0.29, 0.717) is 21.7 Å². The van der Waals surface area contributed by atoms with Gasteiger partial charge < -0.3 is 5.32 Å². The molecular weight excluding hydrogens is 496 g/mol. The first kappa shape index (κ1) is 20.1. The Labute approximate surface area is 185 Å². The minimum Gasteiger partial charge on any atom is -0.337 e. The minimum absolute atomic E-state index is 0.104. The van der Waals surface area contributed by atoms with Crippen LogP contribution in [0.3, 0.4) is 0 Å². The van der Waals surface area contributed by atoms with Gasteiger partial charge in [0.25, 0.3) is 10.0 Å². The number of hydrogen-bond acceptors (Lipinski definition) is 6. The van der Waals surface area contributed by atoms with Crippen molar-refractivity contribution in [1.29, 1.82) is 0 Å². The van der Waals surface area contributed by atoms with Crippen LogP contribution in [-0.4, -0.2) is 18.4 Å². The predicted molar refractivity (Wildman–Crippen MR) is 122 cm³/mol. The van der Waals surface area contributed by atoms with E-state index in [4.69, 9.17) is 11.6 Å². The van der Waals surface area contributed by atoms with Crippen LogP contribution in [0.25, 0.3) is 11.0 Å². The smallest absolute Gasteiger partial charge is 0.272 e. The topological polar surface area (TPSA) is 84.0 Å². The summed E-state index contributed by atoms with van der Waals surface area (Å²) in [5, 5.41) is 3.72. The summed E-state index contributed by atoms with van der Waals surface area (Å²) >= 11 is 10.5. The second-order valence-electron chi connectivity index (χ2n) is 6.16. The van der Waals surface area contributed by atoms with E-state index in [1.165, 1.54) is 6.07 Å². The predicted octanol–water partition coefficient (Wildman–Crippen LogP) is 5.96. The molecule has 2 aromatic carbocycles. The summed E-state index contributed by atoms with van der Waals surface area (Å²) in [6.45, 7) is 1.92. The highest BCUT2D eigenvalue weighted by Crippen LogP contribution is 2.32. The quantitative estimate of drug-likeness (QED) is 0.347. The molecule has 0 aliphatic rings. The normalized spacial score (nSPS) is 11.6. The molecule has 4 aromatic rings. The van der Waals surface area contributed by atoms with E-state index >= 15 is 0 Å². The maximum Gasteiger partial charge on any atom is 0.272 e. The van der Waals surface area contributed by atoms with Gasteiger partial charge in [0, 0.05) is 10.7 Å². The molecular formula is C19H14BrClN4O2S2. The third-order valence-corrected chi connectivity index (χ3v) is 7.76. The third kappa shape index (κ3) is 4.37. The van der Waals surface area contributed by atoms with Gasteiger partial charge >= 0.3 is 0 Å². The number of halogens is 2. The van der Waals surface area contributed by atoms with Gasteiger partial charge in [-0.1, -0.05) is 29.8 Å². The van der Waals surface area contributed by atoms with Crippen LogP contribution in [0.5, 0.6) is 0 Å². The number of fused-ring (bicyclic) bond motifs is 1. The van der Waals surface area contributed by atoms with Crippen LogP contribution in [-0.2, 0) is 10.0 Å². The second-order valence-corrected chi connectivity index (χ2v) is 11.0. The van der Waals surface area contributed by atoms with Gasteiger partial charge in [0.15, 0.2) is 11.6 Å². The summed E-state index contributed by atoms with van der Waals surface area (Å²) < 4.78 is 29.1. The van der Waals surface area contributed by atoms with Crippen LogP contribution in [0.15, 0.2) is 62.6 Å². The van der Waals surface area contributed by atoms with Crippen LogP contribution in [0.2, 0.25) is 5.02 Å². The Bertz CT molecular complexity index is 1330. The van der Waals surface area contributed by atoms with Gasteiger partial charge in [0.2, 0.25) is 0 Å². The number of aryl methyl sites for hydroxylation is 1. The molecule has 0 saturated carbocycles. The molecule has 10 heteroatoms. The SMILES string of the molecule is Cc1ccc(Cl)cc1Nc1nc2ccccc2nc1NS(=O)(=O)c1ccc(Br)s1. The van der Waals surface area contributed by atoms with Crippen molar-refractivity contribution in [2.75, 3.05) is 10.0 Å². The summed E-state index contributed by atoms with van der Waals surface area (Å²) in [4.78, 5) is 9.06. The minimum atomic E-state index is -3.82. The standard InChI is InChI=1S/C19H14BrClN4O2S2/c1-11-6-7-12(21)10-15(11)24-18-19(23-14-5-3-2-4-13(14)22-18)25-29(26,27)17-9-8-16(20)28-17/h2-10H,1H3,(H,22,24)(H,23,25). The number of hydrogen-bond donors (Lipinski definition) is 2. The Morgan fingerprint density at radius 3 is 2.34 bits per heavy atom. The zero-order valence-electron chi connectivity index (χ0n) is 15.0. The molecule has 6 nitrogen and oxygen atoms in total. The Morgan fingerprint density at radius 1 is 1.00 bits per heavy atom. The average Bonchev–Trinajstić information content (AvgIpc) is 3.12. The maximum absolute atomic E-state index is 12.8. The molecule has 4 rings (SSSR count). The molecule has 29 heavy (non-hydrogen) atoms. The highest BCUT2D eigenvalue weighted by molar-refractivity contribution is 9.11. The summed E-state index contributed by atoms with van der Waals surface area (Å²) in [5.41, 5.74) is 2.85. The van der Waals surface area contributed by atoms with Gasteiger partial charge in [-0.15, -0.1) is 11.3 Å². The number of para-hydroxylation sites is 2. The number of thiophene rings is 1. The zero-order valence-corrected chi connectivity index (χ0v) is 19.0.